The monoisotopic (exact) mass is 491 g/mol. The van der Waals surface area contributed by atoms with E-state index in [0.29, 0.717) is 36.1 Å². The number of hydrogen-bond donors (Lipinski definition) is 1. The summed E-state index contributed by atoms with van der Waals surface area (Å²) in [5.41, 5.74) is 2.48. The van der Waals surface area contributed by atoms with E-state index in [1.54, 1.807) is 53.3 Å². The maximum Gasteiger partial charge on any atom is 0.252 e. The van der Waals surface area contributed by atoms with Crippen LogP contribution in [0.3, 0.4) is 0 Å². The number of ether oxygens (including phenoxy) is 1. The zero-order valence-electron chi connectivity index (χ0n) is 19.3. The average molecular weight is 492 g/mol. The second kappa shape index (κ2) is 11.1. The molecular formula is C27H26FN3O3S. The lowest BCUT2D eigenvalue weighted by Crippen LogP contribution is -2.39. The van der Waals surface area contributed by atoms with Crippen molar-refractivity contribution in [3.63, 3.8) is 0 Å². The first-order chi connectivity index (χ1) is 16.9. The van der Waals surface area contributed by atoms with Crippen LogP contribution >= 0.6 is 12.2 Å². The van der Waals surface area contributed by atoms with Gasteiger partial charge >= 0.3 is 0 Å². The van der Waals surface area contributed by atoms with Crippen molar-refractivity contribution in [1.82, 2.24) is 9.80 Å². The summed E-state index contributed by atoms with van der Waals surface area (Å²) in [5.74, 6) is -0.113. The minimum absolute atomic E-state index is 0.0420. The lowest BCUT2D eigenvalue weighted by Gasteiger charge is -2.24. The first kappa shape index (κ1) is 24.3. The summed E-state index contributed by atoms with van der Waals surface area (Å²) in [5, 5.41) is 3.24. The van der Waals surface area contributed by atoms with Crippen molar-refractivity contribution in [2.45, 2.75) is 25.4 Å². The van der Waals surface area contributed by atoms with E-state index in [9.17, 15) is 14.0 Å². The number of carbonyl (C=O) groups is 2. The number of nitrogens with one attached hydrogen (secondary N) is 1. The van der Waals surface area contributed by atoms with Gasteiger partial charge in [-0.15, -0.1) is 0 Å². The summed E-state index contributed by atoms with van der Waals surface area (Å²) in [6.45, 7) is 0.768. The zero-order valence-corrected chi connectivity index (χ0v) is 20.1. The van der Waals surface area contributed by atoms with Gasteiger partial charge in [0.15, 0.2) is 5.11 Å². The molecule has 1 aliphatic heterocycles. The van der Waals surface area contributed by atoms with E-state index in [1.165, 1.54) is 12.1 Å². The lowest BCUT2D eigenvalue weighted by atomic mass is 10.1. The number of rotatable bonds is 9. The smallest absolute Gasteiger partial charge is 0.252 e. The second-order valence-corrected chi connectivity index (χ2v) is 8.62. The fraction of sp³-hybridized carbons (Fsp3) is 0.222. The molecule has 0 aromatic heterocycles. The fourth-order valence-corrected chi connectivity index (χ4v) is 4.39. The van der Waals surface area contributed by atoms with Gasteiger partial charge in [0.25, 0.3) is 5.91 Å². The van der Waals surface area contributed by atoms with Gasteiger partial charge in [-0.1, -0.05) is 42.5 Å². The molecule has 0 unspecified atom stereocenters. The zero-order chi connectivity index (χ0) is 24.8. The summed E-state index contributed by atoms with van der Waals surface area (Å²) < 4.78 is 18.4. The normalized spacial score (nSPS) is 15.4. The van der Waals surface area contributed by atoms with Gasteiger partial charge in [0.1, 0.15) is 17.6 Å². The van der Waals surface area contributed by atoms with Gasteiger partial charge in [-0.2, -0.15) is 0 Å². The summed E-state index contributed by atoms with van der Waals surface area (Å²) >= 11 is 5.69. The van der Waals surface area contributed by atoms with Crippen LogP contribution in [0.2, 0.25) is 0 Å². The van der Waals surface area contributed by atoms with Crippen LogP contribution in [-0.2, 0) is 22.6 Å². The SMILES string of the molecule is COc1ccc(NC(=O)C[C@H]2C(=O)N(Cc3ccccc3)C(=S)N2CCc2ccc(F)cc2)cc1. The molecule has 0 saturated carbocycles. The molecule has 2 amide bonds. The number of thiocarbonyl (C=S) groups is 1. The molecule has 8 heteroatoms. The van der Waals surface area contributed by atoms with E-state index in [2.05, 4.69) is 5.32 Å². The molecule has 0 spiro atoms. The number of benzene rings is 3. The molecule has 1 N–H and O–H groups in total. The summed E-state index contributed by atoms with van der Waals surface area (Å²) in [6.07, 6.45) is 0.517. The number of methoxy groups -OCH3 is 1. The van der Waals surface area contributed by atoms with Crippen LogP contribution in [0.5, 0.6) is 5.75 Å². The molecule has 180 valence electrons. The Morgan fingerprint density at radius 3 is 2.34 bits per heavy atom. The van der Waals surface area contributed by atoms with Crippen LogP contribution in [0.1, 0.15) is 17.5 Å². The molecule has 1 heterocycles. The van der Waals surface area contributed by atoms with Gasteiger partial charge < -0.3 is 15.0 Å². The molecule has 1 aliphatic rings. The Kier molecular flexibility index (Phi) is 7.72. The van der Waals surface area contributed by atoms with Crippen molar-refractivity contribution in [1.29, 1.82) is 0 Å². The van der Waals surface area contributed by atoms with Crippen LogP contribution in [0.15, 0.2) is 78.9 Å². The number of nitrogens with zero attached hydrogens (tertiary/aromatic N) is 2. The van der Waals surface area contributed by atoms with E-state index >= 15 is 0 Å². The van der Waals surface area contributed by atoms with Crippen LogP contribution in [0, 0.1) is 5.82 Å². The van der Waals surface area contributed by atoms with Gasteiger partial charge in [0.2, 0.25) is 5.91 Å². The van der Waals surface area contributed by atoms with Crippen molar-refractivity contribution < 1.29 is 18.7 Å². The lowest BCUT2D eigenvalue weighted by molar-refractivity contribution is -0.131. The molecule has 3 aromatic rings. The molecule has 0 aliphatic carbocycles. The minimum Gasteiger partial charge on any atom is -0.497 e. The Morgan fingerprint density at radius 1 is 1.00 bits per heavy atom. The maximum atomic E-state index is 13.4. The van der Waals surface area contributed by atoms with Gasteiger partial charge in [-0.05, 0) is 66.2 Å². The van der Waals surface area contributed by atoms with E-state index in [0.717, 1.165) is 11.1 Å². The Hall–Kier alpha value is -3.78. The first-order valence-electron chi connectivity index (χ1n) is 11.3. The number of anilines is 1. The number of carbonyl (C=O) groups excluding carboxylic acids is 2. The molecule has 6 nitrogen and oxygen atoms in total. The van der Waals surface area contributed by atoms with Gasteiger partial charge in [-0.3, -0.25) is 14.5 Å². The predicted octanol–water partition coefficient (Wildman–Crippen LogP) is 4.40. The van der Waals surface area contributed by atoms with Crippen LogP contribution in [0.25, 0.3) is 0 Å². The van der Waals surface area contributed by atoms with E-state index in [1.807, 2.05) is 30.3 Å². The Labute approximate surface area is 209 Å². The quantitative estimate of drug-likeness (QED) is 0.450. The number of hydrogen-bond acceptors (Lipinski definition) is 4. The number of halogens is 1. The predicted molar refractivity (Wildman–Crippen MR) is 136 cm³/mol. The first-order valence-corrected chi connectivity index (χ1v) is 11.7. The van der Waals surface area contributed by atoms with Crippen LogP contribution < -0.4 is 10.1 Å². The fourth-order valence-electron chi connectivity index (χ4n) is 4.02. The van der Waals surface area contributed by atoms with E-state index in [-0.39, 0.29) is 24.1 Å². The van der Waals surface area contributed by atoms with Gasteiger partial charge in [-0.25, -0.2) is 4.39 Å². The number of amides is 2. The molecule has 4 rings (SSSR count). The highest BCUT2D eigenvalue weighted by Crippen LogP contribution is 2.24. The van der Waals surface area contributed by atoms with Crippen molar-refractivity contribution >= 4 is 34.8 Å². The molecule has 1 saturated heterocycles. The van der Waals surface area contributed by atoms with Crippen molar-refractivity contribution in [2.24, 2.45) is 0 Å². The molecular weight excluding hydrogens is 465 g/mol. The van der Waals surface area contributed by atoms with E-state index < -0.39 is 6.04 Å². The van der Waals surface area contributed by atoms with Crippen LogP contribution in [-0.4, -0.2) is 46.4 Å². The second-order valence-electron chi connectivity index (χ2n) is 8.26. The van der Waals surface area contributed by atoms with E-state index in [4.69, 9.17) is 17.0 Å². The van der Waals surface area contributed by atoms with Gasteiger partial charge in [0, 0.05) is 12.2 Å². The summed E-state index contributed by atoms with van der Waals surface area (Å²) in [6, 6.07) is 22.1. The Bertz CT molecular complexity index is 1190. The Morgan fingerprint density at radius 2 is 1.69 bits per heavy atom. The molecule has 1 atom stereocenters. The van der Waals surface area contributed by atoms with Crippen LogP contribution in [0.4, 0.5) is 10.1 Å². The molecule has 0 bridgehead atoms. The topological polar surface area (TPSA) is 61.9 Å². The van der Waals surface area contributed by atoms with Gasteiger partial charge in [0.05, 0.1) is 20.1 Å². The van der Waals surface area contributed by atoms with Crippen molar-refractivity contribution in [2.75, 3.05) is 19.0 Å². The summed E-state index contributed by atoms with van der Waals surface area (Å²) in [4.78, 5) is 29.6. The third-order valence-electron chi connectivity index (χ3n) is 5.89. The Balaban J connectivity index is 1.49. The molecule has 35 heavy (non-hydrogen) atoms. The molecule has 1 fully saturated rings. The van der Waals surface area contributed by atoms with Crippen molar-refractivity contribution in [3.8, 4) is 5.75 Å². The third kappa shape index (κ3) is 6.02. The highest BCUT2D eigenvalue weighted by atomic mass is 32.1. The third-order valence-corrected chi connectivity index (χ3v) is 6.35. The summed E-state index contributed by atoms with van der Waals surface area (Å²) in [7, 11) is 1.57. The highest BCUT2D eigenvalue weighted by Gasteiger charge is 2.43. The largest absolute Gasteiger partial charge is 0.497 e. The van der Waals surface area contributed by atoms with Crippen molar-refractivity contribution in [3.05, 3.63) is 95.8 Å². The molecule has 0 radical (unpaired) electrons. The molecule has 3 aromatic carbocycles. The average Bonchev–Trinajstić information content (AvgIpc) is 3.08. The maximum absolute atomic E-state index is 13.4. The standard InChI is InChI=1S/C27H26FN3O3S/c1-34-23-13-11-22(12-14-23)29-25(32)17-24-26(33)31(18-20-5-3-2-4-6-20)27(35)30(24)16-15-19-7-9-21(28)10-8-19/h2-14,24H,15-18H2,1H3,(H,29,32)/t24-/m0/s1. The highest BCUT2D eigenvalue weighted by molar-refractivity contribution is 7.80. The minimum atomic E-state index is -0.718.